The molecular formula is C26H31B2NO4. The standard InChI is InChI=1S/C26H31B2NO4/c1-25(2)26(3,4)33-28(32-25)24-17-11-9-13-21(24)19-29(22-14-6-5-7-15-22)18-20-12-8-10-16-23(20)27(30)31/h5-17,30-31H,18-19H2,1-4H3. The third-order valence-corrected chi connectivity index (χ3v) is 6.74. The first kappa shape index (κ1) is 23.6. The predicted molar refractivity (Wildman–Crippen MR) is 135 cm³/mol. The molecule has 1 saturated heterocycles. The fourth-order valence-electron chi connectivity index (χ4n) is 4.10. The largest absolute Gasteiger partial charge is 0.495 e. The Labute approximate surface area is 197 Å². The van der Waals surface area contributed by atoms with Gasteiger partial charge in [0.25, 0.3) is 0 Å². The summed E-state index contributed by atoms with van der Waals surface area (Å²) in [6.07, 6.45) is 0. The molecule has 0 atom stereocenters. The number of hydrogen-bond acceptors (Lipinski definition) is 5. The Morgan fingerprint density at radius 1 is 0.727 bits per heavy atom. The average Bonchev–Trinajstić information content (AvgIpc) is 3.01. The molecule has 0 unspecified atom stereocenters. The molecule has 2 N–H and O–H groups in total. The van der Waals surface area contributed by atoms with Gasteiger partial charge in [-0.2, -0.15) is 0 Å². The number of para-hydroxylation sites is 1. The maximum absolute atomic E-state index is 9.87. The van der Waals surface area contributed by atoms with E-state index in [1.165, 1.54) is 0 Å². The highest BCUT2D eigenvalue weighted by atomic mass is 16.7. The van der Waals surface area contributed by atoms with E-state index in [1.807, 2.05) is 48.5 Å². The Morgan fingerprint density at radius 3 is 1.88 bits per heavy atom. The topological polar surface area (TPSA) is 62.2 Å². The van der Waals surface area contributed by atoms with Crippen molar-refractivity contribution < 1.29 is 19.4 Å². The fourth-order valence-corrected chi connectivity index (χ4v) is 4.10. The summed E-state index contributed by atoms with van der Waals surface area (Å²) >= 11 is 0. The van der Waals surface area contributed by atoms with E-state index in [2.05, 4.69) is 56.9 Å². The van der Waals surface area contributed by atoms with Gasteiger partial charge in [0.2, 0.25) is 0 Å². The zero-order valence-corrected chi connectivity index (χ0v) is 19.7. The molecule has 0 spiro atoms. The number of anilines is 1. The molecule has 3 aromatic rings. The van der Waals surface area contributed by atoms with Crippen LogP contribution in [0.1, 0.15) is 38.8 Å². The lowest BCUT2D eigenvalue weighted by molar-refractivity contribution is 0.00578. The maximum atomic E-state index is 9.87. The number of nitrogens with zero attached hydrogens (tertiary/aromatic N) is 1. The molecule has 3 aromatic carbocycles. The highest BCUT2D eigenvalue weighted by Gasteiger charge is 2.52. The highest BCUT2D eigenvalue weighted by molar-refractivity contribution is 6.62. The number of rotatable bonds is 7. The summed E-state index contributed by atoms with van der Waals surface area (Å²) in [5.74, 6) is 0. The molecule has 1 aliphatic heterocycles. The predicted octanol–water partition coefficient (Wildman–Crippen LogP) is 2.87. The van der Waals surface area contributed by atoms with Crippen molar-refractivity contribution in [2.75, 3.05) is 4.90 Å². The second-order valence-electron chi connectivity index (χ2n) is 9.55. The summed E-state index contributed by atoms with van der Waals surface area (Å²) in [5.41, 5.74) is 3.69. The van der Waals surface area contributed by atoms with E-state index in [1.54, 1.807) is 6.07 Å². The minimum Gasteiger partial charge on any atom is -0.423 e. The van der Waals surface area contributed by atoms with Crippen LogP contribution in [0.15, 0.2) is 78.9 Å². The first-order valence-corrected chi connectivity index (χ1v) is 11.4. The van der Waals surface area contributed by atoms with E-state index < -0.39 is 25.4 Å². The van der Waals surface area contributed by atoms with E-state index in [-0.39, 0.29) is 0 Å². The molecule has 1 heterocycles. The molecule has 0 saturated carbocycles. The van der Waals surface area contributed by atoms with Gasteiger partial charge >= 0.3 is 14.2 Å². The van der Waals surface area contributed by atoms with Crippen molar-refractivity contribution in [3.63, 3.8) is 0 Å². The van der Waals surface area contributed by atoms with Crippen LogP contribution in [0.3, 0.4) is 0 Å². The van der Waals surface area contributed by atoms with Crippen LogP contribution in [0.4, 0.5) is 5.69 Å². The SMILES string of the molecule is CC1(C)OB(c2ccccc2CN(Cc2ccccc2B(O)O)c2ccccc2)OC1(C)C. The minimum absolute atomic E-state index is 0.417. The fraction of sp³-hybridized carbons (Fsp3) is 0.308. The van der Waals surface area contributed by atoms with Crippen LogP contribution in [-0.2, 0) is 22.4 Å². The molecule has 1 aliphatic rings. The molecule has 1 fully saturated rings. The lowest BCUT2D eigenvalue weighted by Crippen LogP contribution is -2.41. The summed E-state index contributed by atoms with van der Waals surface area (Å²) in [6, 6.07) is 25.8. The second-order valence-corrected chi connectivity index (χ2v) is 9.55. The smallest absolute Gasteiger partial charge is 0.423 e. The van der Waals surface area contributed by atoms with Gasteiger partial charge in [-0.3, -0.25) is 0 Å². The van der Waals surface area contributed by atoms with Crippen molar-refractivity contribution >= 4 is 30.8 Å². The van der Waals surface area contributed by atoms with Crippen molar-refractivity contribution in [1.82, 2.24) is 0 Å². The summed E-state index contributed by atoms with van der Waals surface area (Å²) in [4.78, 5) is 2.23. The van der Waals surface area contributed by atoms with Crippen LogP contribution in [0, 0.1) is 0 Å². The summed E-state index contributed by atoms with van der Waals surface area (Å²) in [6.45, 7) is 9.37. The van der Waals surface area contributed by atoms with Gasteiger partial charge in [-0.25, -0.2) is 0 Å². The zero-order valence-electron chi connectivity index (χ0n) is 19.7. The van der Waals surface area contributed by atoms with Crippen LogP contribution >= 0.6 is 0 Å². The lowest BCUT2D eigenvalue weighted by Gasteiger charge is -2.32. The van der Waals surface area contributed by atoms with Crippen LogP contribution in [-0.4, -0.2) is 35.5 Å². The molecule has 0 radical (unpaired) electrons. The van der Waals surface area contributed by atoms with E-state index in [0.717, 1.165) is 22.3 Å². The summed E-state index contributed by atoms with van der Waals surface area (Å²) < 4.78 is 12.7. The van der Waals surface area contributed by atoms with Gasteiger partial charge in [0.05, 0.1) is 11.2 Å². The number of hydrogen-bond donors (Lipinski definition) is 2. The Morgan fingerprint density at radius 2 is 1.24 bits per heavy atom. The second kappa shape index (κ2) is 9.35. The third kappa shape index (κ3) is 5.02. The van der Waals surface area contributed by atoms with E-state index in [4.69, 9.17) is 9.31 Å². The van der Waals surface area contributed by atoms with E-state index in [0.29, 0.717) is 18.6 Å². The monoisotopic (exact) mass is 443 g/mol. The van der Waals surface area contributed by atoms with Gasteiger partial charge in [0, 0.05) is 18.8 Å². The van der Waals surface area contributed by atoms with Crippen LogP contribution in [0.2, 0.25) is 0 Å². The van der Waals surface area contributed by atoms with Crippen molar-refractivity contribution in [2.45, 2.75) is 52.0 Å². The molecule has 0 amide bonds. The van der Waals surface area contributed by atoms with Crippen molar-refractivity contribution in [3.8, 4) is 0 Å². The lowest BCUT2D eigenvalue weighted by atomic mass is 9.75. The van der Waals surface area contributed by atoms with Gasteiger partial charge < -0.3 is 24.3 Å². The Kier molecular flexibility index (Phi) is 6.68. The van der Waals surface area contributed by atoms with Crippen molar-refractivity contribution in [1.29, 1.82) is 0 Å². The third-order valence-electron chi connectivity index (χ3n) is 6.74. The van der Waals surface area contributed by atoms with Gasteiger partial charge in [-0.1, -0.05) is 66.7 Å². The first-order valence-electron chi connectivity index (χ1n) is 11.4. The molecule has 0 aliphatic carbocycles. The quantitative estimate of drug-likeness (QED) is 0.551. The van der Waals surface area contributed by atoms with Crippen LogP contribution in [0.25, 0.3) is 0 Å². The Bertz CT molecular complexity index is 1070. The van der Waals surface area contributed by atoms with E-state index >= 15 is 0 Å². The zero-order chi connectivity index (χ0) is 23.6. The first-order chi connectivity index (χ1) is 15.7. The molecule has 0 bridgehead atoms. The van der Waals surface area contributed by atoms with E-state index in [9.17, 15) is 10.0 Å². The molecule has 4 rings (SSSR count). The normalized spacial score (nSPS) is 16.6. The minimum atomic E-state index is -1.52. The molecule has 5 nitrogen and oxygen atoms in total. The number of benzene rings is 3. The van der Waals surface area contributed by atoms with Gasteiger partial charge in [0.1, 0.15) is 0 Å². The average molecular weight is 443 g/mol. The molecule has 0 aromatic heterocycles. The Hall–Kier alpha value is -2.57. The Balaban J connectivity index is 1.68. The van der Waals surface area contributed by atoms with Crippen LogP contribution in [0.5, 0.6) is 0 Å². The molecular weight excluding hydrogens is 412 g/mol. The summed E-state index contributed by atoms with van der Waals surface area (Å²) in [5, 5.41) is 19.7. The molecule has 33 heavy (non-hydrogen) atoms. The highest BCUT2D eigenvalue weighted by Crippen LogP contribution is 2.36. The molecule has 170 valence electrons. The van der Waals surface area contributed by atoms with Gasteiger partial charge in [-0.15, -0.1) is 0 Å². The maximum Gasteiger partial charge on any atom is 0.495 e. The van der Waals surface area contributed by atoms with Crippen LogP contribution < -0.4 is 15.8 Å². The van der Waals surface area contributed by atoms with Crippen molar-refractivity contribution in [2.24, 2.45) is 0 Å². The van der Waals surface area contributed by atoms with Crippen molar-refractivity contribution in [3.05, 3.63) is 90.0 Å². The summed E-state index contributed by atoms with van der Waals surface area (Å²) in [7, 11) is -1.97. The van der Waals surface area contributed by atoms with Gasteiger partial charge in [-0.05, 0) is 61.9 Å². The molecule has 7 heteroatoms. The van der Waals surface area contributed by atoms with Gasteiger partial charge in [0.15, 0.2) is 0 Å².